The maximum absolute atomic E-state index is 13.9. The summed E-state index contributed by atoms with van der Waals surface area (Å²) in [6, 6.07) is 4.39. The zero-order chi connectivity index (χ0) is 15.2. The summed E-state index contributed by atoms with van der Waals surface area (Å²) in [4.78, 5) is 14.2. The van der Waals surface area contributed by atoms with Crippen LogP contribution in [0.2, 0.25) is 0 Å². The lowest BCUT2D eigenvalue weighted by Crippen LogP contribution is -2.36. The minimum absolute atomic E-state index is 0.0507. The van der Waals surface area contributed by atoms with Gasteiger partial charge in [0, 0.05) is 24.6 Å². The third-order valence-corrected chi connectivity index (χ3v) is 3.42. The van der Waals surface area contributed by atoms with E-state index in [9.17, 15) is 9.18 Å². The lowest BCUT2D eigenvalue weighted by atomic mass is 10.1. The average Bonchev–Trinajstić information content (AvgIpc) is 2.86. The summed E-state index contributed by atoms with van der Waals surface area (Å²) < 4.78 is 13.9. The van der Waals surface area contributed by atoms with Crippen LogP contribution in [0.4, 0.5) is 4.39 Å². The molecule has 0 spiro atoms. The molecule has 1 aliphatic rings. The molecule has 0 radical (unpaired) electrons. The number of carbonyl (C=O) groups is 1. The second-order valence-corrected chi connectivity index (χ2v) is 5.19. The average molecular weight is 290 g/mol. The molecule has 1 fully saturated rings. The minimum atomic E-state index is -0.517. The first-order valence-electron chi connectivity index (χ1n) is 6.99. The first-order valence-corrected chi connectivity index (χ1v) is 6.99. The summed E-state index contributed by atoms with van der Waals surface area (Å²) in [5.74, 6) is 4.52. The third kappa shape index (κ3) is 4.28. The molecule has 2 N–H and O–H groups in total. The fourth-order valence-electron chi connectivity index (χ4n) is 2.29. The number of aliphatic hydroxyl groups is 1. The van der Waals surface area contributed by atoms with Gasteiger partial charge in [0.2, 0.25) is 0 Å². The number of halogens is 1. The molecule has 1 unspecified atom stereocenters. The van der Waals surface area contributed by atoms with E-state index in [-0.39, 0.29) is 24.1 Å². The van der Waals surface area contributed by atoms with Gasteiger partial charge < -0.3 is 15.3 Å². The van der Waals surface area contributed by atoms with E-state index >= 15 is 0 Å². The van der Waals surface area contributed by atoms with E-state index in [0.717, 1.165) is 19.5 Å². The van der Waals surface area contributed by atoms with E-state index < -0.39 is 5.82 Å². The molecule has 1 heterocycles. The molecule has 0 bridgehead atoms. The molecule has 1 saturated heterocycles. The maximum Gasteiger partial charge on any atom is 0.251 e. The van der Waals surface area contributed by atoms with Gasteiger partial charge in [0.1, 0.15) is 5.82 Å². The number of amides is 1. The highest BCUT2D eigenvalue weighted by Gasteiger charge is 2.21. The summed E-state index contributed by atoms with van der Waals surface area (Å²) >= 11 is 0. The highest BCUT2D eigenvalue weighted by atomic mass is 19.1. The van der Waals surface area contributed by atoms with Crippen molar-refractivity contribution in [3.63, 3.8) is 0 Å². The van der Waals surface area contributed by atoms with Gasteiger partial charge in [-0.15, -0.1) is 0 Å². The molecule has 112 valence electrons. The molecular weight excluding hydrogens is 271 g/mol. The molecule has 2 rings (SSSR count). The Labute approximate surface area is 124 Å². The zero-order valence-corrected chi connectivity index (χ0v) is 12.0. The van der Waals surface area contributed by atoms with Gasteiger partial charge in [0.05, 0.1) is 12.2 Å². The third-order valence-electron chi connectivity index (χ3n) is 3.42. The van der Waals surface area contributed by atoms with Crippen molar-refractivity contribution in [2.75, 3.05) is 26.7 Å². The van der Waals surface area contributed by atoms with Gasteiger partial charge in [-0.05, 0) is 38.2 Å². The maximum atomic E-state index is 13.9. The Bertz CT molecular complexity index is 577. The SMILES string of the molecule is CN1CCC(NC(=O)c2ccc(C#CCCO)c(F)c2)C1. The summed E-state index contributed by atoms with van der Waals surface area (Å²) in [6.45, 7) is 1.72. The van der Waals surface area contributed by atoms with Crippen molar-refractivity contribution in [2.45, 2.75) is 18.9 Å². The van der Waals surface area contributed by atoms with Gasteiger partial charge in [-0.3, -0.25) is 4.79 Å². The van der Waals surface area contributed by atoms with Gasteiger partial charge in [0.15, 0.2) is 0 Å². The molecule has 0 saturated carbocycles. The minimum Gasteiger partial charge on any atom is -0.395 e. The predicted octanol–water partition coefficient (Wildman–Crippen LogP) is 0.993. The van der Waals surface area contributed by atoms with Crippen LogP contribution in [0, 0.1) is 17.7 Å². The number of aliphatic hydroxyl groups excluding tert-OH is 1. The quantitative estimate of drug-likeness (QED) is 0.816. The summed E-state index contributed by atoms with van der Waals surface area (Å²) in [6.07, 6.45) is 1.21. The number of rotatable bonds is 3. The number of nitrogens with zero attached hydrogens (tertiary/aromatic N) is 1. The van der Waals surface area contributed by atoms with Crippen molar-refractivity contribution < 1.29 is 14.3 Å². The Morgan fingerprint density at radius 3 is 3.00 bits per heavy atom. The molecule has 21 heavy (non-hydrogen) atoms. The van der Waals surface area contributed by atoms with E-state index in [1.54, 1.807) is 6.07 Å². The van der Waals surface area contributed by atoms with Crippen LogP contribution in [0.5, 0.6) is 0 Å². The van der Waals surface area contributed by atoms with Crippen LogP contribution in [-0.2, 0) is 0 Å². The van der Waals surface area contributed by atoms with E-state index in [1.807, 2.05) is 7.05 Å². The van der Waals surface area contributed by atoms with Gasteiger partial charge in [0.25, 0.3) is 5.91 Å². The largest absolute Gasteiger partial charge is 0.395 e. The number of hydrogen-bond acceptors (Lipinski definition) is 3. The van der Waals surface area contributed by atoms with Crippen LogP contribution in [0.25, 0.3) is 0 Å². The van der Waals surface area contributed by atoms with Gasteiger partial charge in [-0.25, -0.2) is 4.39 Å². The van der Waals surface area contributed by atoms with Gasteiger partial charge in [-0.1, -0.05) is 11.8 Å². The number of likely N-dealkylation sites (tertiary alicyclic amines) is 1. The normalized spacial score (nSPS) is 18.1. The first-order chi connectivity index (χ1) is 10.1. The lowest BCUT2D eigenvalue weighted by Gasteiger charge is -2.13. The topological polar surface area (TPSA) is 52.6 Å². The fourth-order valence-corrected chi connectivity index (χ4v) is 2.29. The number of benzene rings is 1. The molecule has 1 aromatic carbocycles. The van der Waals surface area contributed by atoms with Crippen LogP contribution in [0.3, 0.4) is 0 Å². The van der Waals surface area contributed by atoms with Gasteiger partial charge >= 0.3 is 0 Å². The molecule has 0 aromatic heterocycles. The van der Waals surface area contributed by atoms with Crippen molar-refractivity contribution >= 4 is 5.91 Å². The van der Waals surface area contributed by atoms with Crippen LogP contribution in [0.15, 0.2) is 18.2 Å². The second-order valence-electron chi connectivity index (χ2n) is 5.19. The lowest BCUT2D eigenvalue weighted by molar-refractivity contribution is 0.0938. The van der Waals surface area contributed by atoms with E-state index in [4.69, 9.17) is 5.11 Å². The first kappa shape index (κ1) is 15.5. The highest BCUT2D eigenvalue weighted by Crippen LogP contribution is 2.12. The number of likely N-dealkylation sites (N-methyl/N-ethyl adjacent to an activating group) is 1. The number of hydrogen-bond donors (Lipinski definition) is 2. The van der Waals surface area contributed by atoms with Crippen molar-refractivity contribution in [1.82, 2.24) is 10.2 Å². The molecular formula is C16H19FN2O2. The van der Waals surface area contributed by atoms with E-state index in [0.29, 0.717) is 12.0 Å². The van der Waals surface area contributed by atoms with Crippen LogP contribution >= 0.6 is 0 Å². The number of nitrogens with one attached hydrogen (secondary N) is 1. The Balaban J connectivity index is 2.02. The van der Waals surface area contributed by atoms with Crippen LogP contribution in [-0.4, -0.2) is 48.7 Å². The monoisotopic (exact) mass is 290 g/mol. The summed E-state index contributed by atoms with van der Waals surface area (Å²) in [5, 5.41) is 11.5. The molecule has 1 aromatic rings. The molecule has 1 amide bonds. The van der Waals surface area contributed by atoms with Gasteiger partial charge in [-0.2, -0.15) is 0 Å². The van der Waals surface area contributed by atoms with Crippen molar-refractivity contribution in [3.8, 4) is 11.8 Å². The summed E-state index contributed by atoms with van der Waals surface area (Å²) in [7, 11) is 2.01. The molecule has 5 heteroatoms. The molecule has 0 aliphatic carbocycles. The van der Waals surface area contributed by atoms with Crippen molar-refractivity contribution in [1.29, 1.82) is 0 Å². The van der Waals surface area contributed by atoms with Crippen molar-refractivity contribution in [2.24, 2.45) is 0 Å². The second kappa shape index (κ2) is 7.21. The standard InChI is InChI=1S/C16H19FN2O2/c1-19-8-7-14(11-19)18-16(21)13-6-5-12(15(17)10-13)4-2-3-9-20/h5-6,10,14,20H,3,7-9,11H2,1H3,(H,18,21). The smallest absolute Gasteiger partial charge is 0.251 e. The highest BCUT2D eigenvalue weighted by molar-refractivity contribution is 5.94. The predicted molar refractivity (Wildman–Crippen MR) is 78.3 cm³/mol. The fraction of sp³-hybridized carbons (Fsp3) is 0.438. The summed E-state index contributed by atoms with van der Waals surface area (Å²) in [5.41, 5.74) is 0.537. The Kier molecular flexibility index (Phi) is 5.32. The number of carbonyl (C=O) groups excluding carboxylic acids is 1. The molecule has 4 nitrogen and oxygen atoms in total. The van der Waals surface area contributed by atoms with Crippen LogP contribution < -0.4 is 5.32 Å². The van der Waals surface area contributed by atoms with E-state index in [1.165, 1.54) is 12.1 Å². The van der Waals surface area contributed by atoms with Crippen molar-refractivity contribution in [3.05, 3.63) is 35.1 Å². The zero-order valence-electron chi connectivity index (χ0n) is 12.0. The Morgan fingerprint density at radius 1 is 1.57 bits per heavy atom. The Hall–Kier alpha value is -1.90. The molecule has 1 aliphatic heterocycles. The van der Waals surface area contributed by atoms with E-state index in [2.05, 4.69) is 22.1 Å². The molecule has 1 atom stereocenters. The Morgan fingerprint density at radius 2 is 2.38 bits per heavy atom. The van der Waals surface area contributed by atoms with Crippen LogP contribution in [0.1, 0.15) is 28.8 Å².